The van der Waals surface area contributed by atoms with Crippen LogP contribution in [0.5, 0.6) is 0 Å². The first-order valence-electron chi connectivity index (χ1n) is 12.4. The number of carbonyl (C=O) groups is 1. The van der Waals surface area contributed by atoms with Gasteiger partial charge in [0.05, 0.1) is 6.04 Å². The van der Waals surface area contributed by atoms with Gasteiger partial charge in [0, 0.05) is 19.0 Å². The molecular weight excluding hydrogens is 380 g/mol. The van der Waals surface area contributed by atoms with Gasteiger partial charge in [0.2, 0.25) is 5.91 Å². The lowest BCUT2D eigenvalue weighted by atomic mass is 9.88. The van der Waals surface area contributed by atoms with Crippen LogP contribution in [0, 0.1) is 5.92 Å². The van der Waals surface area contributed by atoms with Gasteiger partial charge in [-0.3, -0.25) is 4.79 Å². The van der Waals surface area contributed by atoms with E-state index in [1.54, 1.807) is 0 Å². The van der Waals surface area contributed by atoms with Crippen LogP contribution in [0.4, 0.5) is 0 Å². The van der Waals surface area contributed by atoms with E-state index < -0.39 is 0 Å². The molecule has 0 radical (unpaired) electrons. The van der Waals surface area contributed by atoms with E-state index in [1.165, 1.54) is 55.5 Å². The van der Waals surface area contributed by atoms with Crippen LogP contribution in [0.2, 0.25) is 0 Å². The van der Waals surface area contributed by atoms with Crippen molar-refractivity contribution in [3.05, 3.63) is 71.3 Å². The predicted molar refractivity (Wildman–Crippen MR) is 126 cm³/mol. The molecule has 2 heterocycles. The number of carbonyl (C=O) groups excluding carboxylic acids is 1. The first-order valence-corrected chi connectivity index (χ1v) is 12.4. The Hall–Kier alpha value is -2.13. The van der Waals surface area contributed by atoms with E-state index in [-0.39, 0.29) is 12.0 Å². The summed E-state index contributed by atoms with van der Waals surface area (Å²) >= 11 is 0. The summed E-state index contributed by atoms with van der Waals surface area (Å²) in [6.45, 7) is 4.33. The summed E-state index contributed by atoms with van der Waals surface area (Å²) in [5.41, 5.74) is 4.35. The lowest BCUT2D eigenvalue weighted by Gasteiger charge is -2.40. The van der Waals surface area contributed by atoms with Crippen molar-refractivity contribution >= 4 is 5.91 Å². The van der Waals surface area contributed by atoms with E-state index in [0.717, 1.165) is 38.8 Å². The Kier molecular flexibility index (Phi) is 6.40. The Morgan fingerprint density at radius 1 is 0.839 bits per heavy atom. The molecule has 1 atom stereocenters. The maximum atomic E-state index is 13.4. The van der Waals surface area contributed by atoms with Gasteiger partial charge in [0.25, 0.3) is 0 Å². The summed E-state index contributed by atoms with van der Waals surface area (Å²) < 4.78 is 0. The van der Waals surface area contributed by atoms with Gasteiger partial charge in [0.1, 0.15) is 0 Å². The van der Waals surface area contributed by atoms with Crippen LogP contribution in [0.15, 0.2) is 54.6 Å². The SMILES string of the molecule is O=C(C1CCCC1)N1CCc2ccccc2C1CCN1CCC(c2ccccc2)CC1. The highest BCUT2D eigenvalue weighted by molar-refractivity contribution is 5.80. The summed E-state index contributed by atoms with van der Waals surface area (Å²) in [7, 11) is 0. The molecule has 2 fully saturated rings. The van der Waals surface area contributed by atoms with Gasteiger partial charge in [-0.15, -0.1) is 0 Å². The molecular formula is C28H36N2O. The van der Waals surface area contributed by atoms with E-state index >= 15 is 0 Å². The van der Waals surface area contributed by atoms with Gasteiger partial charge in [-0.25, -0.2) is 0 Å². The molecule has 2 aromatic carbocycles. The Morgan fingerprint density at radius 3 is 2.32 bits per heavy atom. The number of fused-ring (bicyclic) bond motifs is 1. The number of hydrogen-bond donors (Lipinski definition) is 0. The summed E-state index contributed by atoms with van der Waals surface area (Å²) in [6.07, 6.45) is 9.20. The van der Waals surface area contributed by atoms with Crippen molar-refractivity contribution in [3.8, 4) is 0 Å². The summed E-state index contributed by atoms with van der Waals surface area (Å²) in [5, 5.41) is 0. The van der Waals surface area contributed by atoms with Crippen LogP contribution in [-0.2, 0) is 11.2 Å². The first kappa shape index (κ1) is 20.8. The van der Waals surface area contributed by atoms with Crippen LogP contribution in [0.3, 0.4) is 0 Å². The van der Waals surface area contributed by atoms with Gasteiger partial charge in [-0.1, -0.05) is 67.4 Å². The van der Waals surface area contributed by atoms with Crippen molar-refractivity contribution in [2.24, 2.45) is 5.92 Å². The molecule has 31 heavy (non-hydrogen) atoms. The molecule has 2 aromatic rings. The average molecular weight is 417 g/mol. The third-order valence-corrected chi connectivity index (χ3v) is 7.98. The molecule has 3 nitrogen and oxygen atoms in total. The van der Waals surface area contributed by atoms with Crippen molar-refractivity contribution in [2.75, 3.05) is 26.2 Å². The third kappa shape index (κ3) is 4.57. The molecule has 1 saturated heterocycles. The van der Waals surface area contributed by atoms with E-state index in [4.69, 9.17) is 0 Å². The van der Waals surface area contributed by atoms with Crippen LogP contribution < -0.4 is 0 Å². The van der Waals surface area contributed by atoms with E-state index in [2.05, 4.69) is 64.4 Å². The second-order valence-electron chi connectivity index (χ2n) is 9.79. The van der Waals surface area contributed by atoms with Gasteiger partial charge in [0.15, 0.2) is 0 Å². The number of piperidine rings is 1. The quantitative estimate of drug-likeness (QED) is 0.636. The first-order chi connectivity index (χ1) is 15.3. The zero-order chi connectivity index (χ0) is 21.0. The molecule has 0 spiro atoms. The Balaban J connectivity index is 1.24. The topological polar surface area (TPSA) is 23.6 Å². The fourth-order valence-corrected chi connectivity index (χ4v) is 6.15. The maximum Gasteiger partial charge on any atom is 0.226 e. The summed E-state index contributed by atoms with van der Waals surface area (Å²) in [6, 6.07) is 20.1. The van der Waals surface area contributed by atoms with Crippen molar-refractivity contribution < 1.29 is 4.79 Å². The van der Waals surface area contributed by atoms with Gasteiger partial charge >= 0.3 is 0 Å². The molecule has 0 N–H and O–H groups in total. The monoisotopic (exact) mass is 416 g/mol. The standard InChI is InChI=1S/C28H36N2O/c31-28(25-11-4-5-12-25)30-21-16-24-10-6-7-13-26(24)27(30)17-20-29-18-14-23(15-19-29)22-8-2-1-3-9-22/h1-3,6-10,13,23,25,27H,4-5,11-12,14-21H2. The Bertz CT molecular complexity index is 866. The highest BCUT2D eigenvalue weighted by atomic mass is 16.2. The second-order valence-corrected chi connectivity index (χ2v) is 9.79. The van der Waals surface area contributed by atoms with E-state index in [1.807, 2.05) is 0 Å². The van der Waals surface area contributed by atoms with Crippen molar-refractivity contribution in [3.63, 3.8) is 0 Å². The van der Waals surface area contributed by atoms with Crippen LogP contribution >= 0.6 is 0 Å². The lowest BCUT2D eigenvalue weighted by Crippen LogP contribution is -2.44. The Morgan fingerprint density at radius 2 is 1.55 bits per heavy atom. The van der Waals surface area contributed by atoms with Crippen LogP contribution in [-0.4, -0.2) is 41.9 Å². The highest BCUT2D eigenvalue weighted by Gasteiger charge is 2.35. The predicted octanol–water partition coefficient (Wildman–Crippen LogP) is 5.57. The minimum atomic E-state index is 0.255. The number of nitrogens with zero attached hydrogens (tertiary/aromatic N) is 2. The molecule has 164 valence electrons. The fourth-order valence-electron chi connectivity index (χ4n) is 6.15. The van der Waals surface area contributed by atoms with Gasteiger partial charge in [-0.05, 0) is 74.2 Å². The zero-order valence-corrected chi connectivity index (χ0v) is 18.7. The normalized spacial score (nSPS) is 23.1. The fraction of sp³-hybridized carbons (Fsp3) is 0.536. The number of amides is 1. The summed E-state index contributed by atoms with van der Waals surface area (Å²) in [5.74, 6) is 1.41. The highest BCUT2D eigenvalue weighted by Crippen LogP contribution is 2.37. The average Bonchev–Trinajstić information content (AvgIpc) is 3.38. The van der Waals surface area contributed by atoms with E-state index in [0.29, 0.717) is 11.8 Å². The van der Waals surface area contributed by atoms with Gasteiger partial charge in [-0.2, -0.15) is 0 Å². The molecule has 3 heteroatoms. The van der Waals surface area contributed by atoms with Crippen molar-refractivity contribution in [1.82, 2.24) is 9.80 Å². The molecule has 1 amide bonds. The Labute approximate surface area is 187 Å². The zero-order valence-electron chi connectivity index (χ0n) is 18.7. The molecule has 0 bridgehead atoms. The number of rotatable bonds is 5. The molecule has 1 saturated carbocycles. The molecule has 3 aliphatic rings. The molecule has 1 aliphatic carbocycles. The van der Waals surface area contributed by atoms with Gasteiger partial charge < -0.3 is 9.80 Å². The number of hydrogen-bond acceptors (Lipinski definition) is 2. The van der Waals surface area contributed by atoms with E-state index in [9.17, 15) is 4.79 Å². The van der Waals surface area contributed by atoms with Crippen molar-refractivity contribution in [1.29, 1.82) is 0 Å². The van der Waals surface area contributed by atoms with Crippen LogP contribution in [0.1, 0.15) is 73.6 Å². The molecule has 5 rings (SSSR count). The molecule has 2 aliphatic heterocycles. The smallest absolute Gasteiger partial charge is 0.226 e. The third-order valence-electron chi connectivity index (χ3n) is 7.98. The number of likely N-dealkylation sites (tertiary alicyclic amines) is 1. The van der Waals surface area contributed by atoms with Crippen LogP contribution in [0.25, 0.3) is 0 Å². The maximum absolute atomic E-state index is 13.4. The summed E-state index contributed by atoms with van der Waals surface area (Å²) in [4.78, 5) is 18.3. The molecule has 1 unspecified atom stereocenters. The van der Waals surface area contributed by atoms with Crippen molar-refractivity contribution in [2.45, 2.75) is 63.3 Å². The minimum absolute atomic E-state index is 0.255. The minimum Gasteiger partial charge on any atom is -0.335 e. The number of benzene rings is 2. The lowest BCUT2D eigenvalue weighted by molar-refractivity contribution is -0.138. The largest absolute Gasteiger partial charge is 0.335 e. The molecule has 0 aromatic heterocycles. The second kappa shape index (κ2) is 9.56.